The topological polar surface area (TPSA) is 41.4 Å². The van der Waals surface area contributed by atoms with Gasteiger partial charge in [0.25, 0.3) is 5.91 Å². The summed E-state index contributed by atoms with van der Waals surface area (Å²) in [4.78, 5) is 17.8. The van der Waals surface area contributed by atoms with Crippen molar-refractivity contribution in [1.29, 1.82) is 0 Å². The Morgan fingerprint density at radius 2 is 1.96 bits per heavy atom. The molecule has 1 aromatic heterocycles. The van der Waals surface area contributed by atoms with Crippen LogP contribution in [0.2, 0.25) is 0 Å². The van der Waals surface area contributed by atoms with Crippen LogP contribution in [-0.2, 0) is 0 Å². The van der Waals surface area contributed by atoms with Crippen LogP contribution in [0, 0.1) is 13.8 Å². The zero-order valence-electron chi connectivity index (χ0n) is 18.2. The summed E-state index contributed by atoms with van der Waals surface area (Å²) in [5.74, 6) is 0.579. The van der Waals surface area contributed by atoms with Crippen molar-refractivity contribution in [2.75, 3.05) is 26.2 Å². The van der Waals surface area contributed by atoms with Crippen LogP contribution in [0.25, 0.3) is 5.69 Å². The Bertz CT molecular complexity index is 835. The predicted octanol–water partition coefficient (Wildman–Crippen LogP) is 4.17. The molecule has 2 heterocycles. The van der Waals surface area contributed by atoms with Crippen LogP contribution in [0.5, 0.6) is 0 Å². The summed E-state index contributed by atoms with van der Waals surface area (Å²) in [5.41, 5.74) is 4.79. The fraction of sp³-hybridized carbons (Fsp3) is 0.565. The molecular weight excluding hydrogens is 348 g/mol. The smallest absolute Gasteiger partial charge is 0.257 e. The van der Waals surface area contributed by atoms with E-state index in [2.05, 4.69) is 56.9 Å². The van der Waals surface area contributed by atoms with Gasteiger partial charge in [0.1, 0.15) is 0 Å². The lowest BCUT2D eigenvalue weighted by atomic mass is 10.0. The Morgan fingerprint density at radius 3 is 2.61 bits per heavy atom. The molecule has 1 aliphatic rings. The third-order valence-corrected chi connectivity index (χ3v) is 6.07. The van der Waals surface area contributed by atoms with Crippen LogP contribution in [-0.4, -0.2) is 57.7 Å². The summed E-state index contributed by atoms with van der Waals surface area (Å²) in [5, 5.41) is 4.72. The van der Waals surface area contributed by atoms with Crippen molar-refractivity contribution in [2.45, 2.75) is 59.9 Å². The highest BCUT2D eigenvalue weighted by atomic mass is 16.2. The molecule has 0 aliphatic carbocycles. The predicted molar refractivity (Wildman–Crippen MR) is 114 cm³/mol. The standard InChI is InChI=1S/C23H34N4O/c1-7-25(8-2)21-12-13-26(15-21)23(28)22-17(5)24-27(18(22)6)20-11-9-10-19(14-20)16(3)4/h9-11,14,16,21H,7-8,12-13,15H2,1-6H3. The van der Waals surface area contributed by atoms with E-state index in [-0.39, 0.29) is 5.91 Å². The van der Waals surface area contributed by atoms with Crippen LogP contribution in [0.3, 0.4) is 0 Å². The van der Waals surface area contributed by atoms with Gasteiger partial charge in [-0.2, -0.15) is 5.10 Å². The largest absolute Gasteiger partial charge is 0.337 e. The molecule has 0 bridgehead atoms. The molecule has 152 valence electrons. The lowest BCUT2D eigenvalue weighted by Gasteiger charge is -2.26. The average Bonchev–Trinajstić information content (AvgIpc) is 3.27. The lowest BCUT2D eigenvalue weighted by Crippen LogP contribution is -2.38. The number of aryl methyl sites for hydroxylation is 1. The Kier molecular flexibility index (Phi) is 6.23. The van der Waals surface area contributed by atoms with E-state index < -0.39 is 0 Å². The molecule has 0 N–H and O–H groups in total. The number of likely N-dealkylation sites (N-methyl/N-ethyl adjacent to an activating group) is 1. The maximum absolute atomic E-state index is 13.3. The fourth-order valence-electron chi connectivity index (χ4n) is 4.34. The van der Waals surface area contributed by atoms with Gasteiger partial charge in [-0.25, -0.2) is 4.68 Å². The monoisotopic (exact) mass is 382 g/mol. The van der Waals surface area contributed by atoms with Crippen molar-refractivity contribution in [3.05, 3.63) is 46.8 Å². The summed E-state index contributed by atoms with van der Waals surface area (Å²) >= 11 is 0. The van der Waals surface area contributed by atoms with Gasteiger partial charge in [0.15, 0.2) is 0 Å². The maximum atomic E-state index is 13.3. The first-order chi connectivity index (χ1) is 13.4. The zero-order valence-corrected chi connectivity index (χ0v) is 18.2. The number of rotatable bonds is 6. The van der Waals surface area contributed by atoms with E-state index in [0.29, 0.717) is 12.0 Å². The third-order valence-electron chi connectivity index (χ3n) is 6.07. The second-order valence-corrected chi connectivity index (χ2v) is 8.12. The molecule has 3 rings (SSSR count). The van der Waals surface area contributed by atoms with Crippen LogP contribution in [0.15, 0.2) is 24.3 Å². The Balaban J connectivity index is 1.86. The molecule has 1 amide bonds. The van der Waals surface area contributed by atoms with E-state index in [9.17, 15) is 4.79 Å². The second kappa shape index (κ2) is 8.48. The van der Waals surface area contributed by atoms with E-state index in [0.717, 1.165) is 55.2 Å². The molecule has 0 radical (unpaired) electrons. The van der Waals surface area contributed by atoms with E-state index in [4.69, 9.17) is 5.10 Å². The van der Waals surface area contributed by atoms with Crippen LogP contribution >= 0.6 is 0 Å². The molecular formula is C23H34N4O. The molecule has 1 aliphatic heterocycles. The summed E-state index contributed by atoms with van der Waals surface area (Å²) in [7, 11) is 0. The molecule has 2 aromatic rings. The van der Waals surface area contributed by atoms with Gasteiger partial charge in [-0.05, 0) is 57.0 Å². The van der Waals surface area contributed by atoms with E-state index in [1.165, 1.54) is 5.56 Å². The molecule has 1 fully saturated rings. The number of carbonyl (C=O) groups excluding carboxylic acids is 1. The SMILES string of the molecule is CCN(CC)C1CCN(C(=O)c2c(C)nn(-c3cccc(C(C)C)c3)c2C)C1. The number of hydrogen-bond acceptors (Lipinski definition) is 3. The summed E-state index contributed by atoms with van der Waals surface area (Å²) in [6.07, 6.45) is 1.05. The van der Waals surface area contributed by atoms with Gasteiger partial charge in [0.05, 0.1) is 22.6 Å². The minimum Gasteiger partial charge on any atom is -0.337 e. The molecule has 1 aromatic carbocycles. The van der Waals surface area contributed by atoms with Crippen molar-refractivity contribution in [3.63, 3.8) is 0 Å². The molecule has 28 heavy (non-hydrogen) atoms. The normalized spacial score (nSPS) is 17.1. The van der Waals surface area contributed by atoms with Gasteiger partial charge < -0.3 is 4.90 Å². The first-order valence-electron chi connectivity index (χ1n) is 10.6. The highest BCUT2D eigenvalue weighted by molar-refractivity contribution is 5.96. The average molecular weight is 383 g/mol. The molecule has 5 heteroatoms. The quantitative estimate of drug-likeness (QED) is 0.753. The third kappa shape index (κ3) is 3.86. The molecule has 1 unspecified atom stereocenters. The van der Waals surface area contributed by atoms with Gasteiger partial charge in [-0.1, -0.05) is 39.8 Å². The Hall–Kier alpha value is -2.14. The van der Waals surface area contributed by atoms with Crippen molar-refractivity contribution in [3.8, 4) is 5.69 Å². The van der Waals surface area contributed by atoms with Gasteiger partial charge in [-0.15, -0.1) is 0 Å². The van der Waals surface area contributed by atoms with E-state index in [1.807, 2.05) is 23.4 Å². The van der Waals surface area contributed by atoms with Crippen molar-refractivity contribution < 1.29 is 4.79 Å². The van der Waals surface area contributed by atoms with Crippen LogP contribution in [0.1, 0.15) is 67.3 Å². The zero-order chi connectivity index (χ0) is 20.4. The molecule has 1 saturated heterocycles. The number of nitrogens with zero attached hydrogens (tertiary/aromatic N) is 4. The molecule has 1 atom stereocenters. The van der Waals surface area contributed by atoms with Crippen LogP contribution < -0.4 is 0 Å². The number of amides is 1. The number of hydrogen-bond donors (Lipinski definition) is 0. The minimum absolute atomic E-state index is 0.121. The van der Waals surface area contributed by atoms with Crippen molar-refractivity contribution >= 4 is 5.91 Å². The molecule has 0 saturated carbocycles. The Labute approximate surface area is 169 Å². The first-order valence-corrected chi connectivity index (χ1v) is 10.6. The maximum Gasteiger partial charge on any atom is 0.257 e. The second-order valence-electron chi connectivity index (χ2n) is 8.12. The van der Waals surface area contributed by atoms with Crippen LogP contribution in [0.4, 0.5) is 0 Å². The number of benzene rings is 1. The van der Waals surface area contributed by atoms with Gasteiger partial charge in [-0.3, -0.25) is 9.69 Å². The highest BCUT2D eigenvalue weighted by Crippen LogP contribution is 2.25. The van der Waals surface area contributed by atoms with E-state index in [1.54, 1.807) is 0 Å². The lowest BCUT2D eigenvalue weighted by molar-refractivity contribution is 0.0776. The summed E-state index contributed by atoms with van der Waals surface area (Å²) in [6, 6.07) is 8.91. The fourth-order valence-corrected chi connectivity index (χ4v) is 4.34. The number of carbonyl (C=O) groups is 1. The van der Waals surface area contributed by atoms with E-state index >= 15 is 0 Å². The molecule has 0 spiro atoms. The number of aromatic nitrogens is 2. The van der Waals surface area contributed by atoms with Gasteiger partial charge in [0, 0.05) is 19.1 Å². The van der Waals surface area contributed by atoms with Crippen molar-refractivity contribution in [1.82, 2.24) is 19.6 Å². The summed E-state index contributed by atoms with van der Waals surface area (Å²) < 4.78 is 1.92. The highest BCUT2D eigenvalue weighted by Gasteiger charge is 2.32. The van der Waals surface area contributed by atoms with Gasteiger partial charge >= 0.3 is 0 Å². The van der Waals surface area contributed by atoms with Crippen molar-refractivity contribution in [2.24, 2.45) is 0 Å². The number of likely N-dealkylation sites (tertiary alicyclic amines) is 1. The first kappa shape index (κ1) is 20.6. The Morgan fingerprint density at radius 1 is 1.25 bits per heavy atom. The van der Waals surface area contributed by atoms with Gasteiger partial charge in [0.2, 0.25) is 0 Å². The minimum atomic E-state index is 0.121. The molecule has 5 nitrogen and oxygen atoms in total. The summed E-state index contributed by atoms with van der Waals surface area (Å²) in [6.45, 7) is 16.4.